The monoisotopic (exact) mass is 429 g/mol. The van der Waals surface area contributed by atoms with Gasteiger partial charge in [0.2, 0.25) is 0 Å². The highest BCUT2D eigenvalue weighted by atomic mass is 32.2. The summed E-state index contributed by atoms with van der Waals surface area (Å²) >= 11 is 6.20. The standard InChI is InChI=1S/C19H15N3O5S2/c23-16(24)11-27-14-9-5-4-6-12(14)10-15-17(25)22(19(28)29-15)21-18(26)20-13-7-2-1-3-8-13/h1-10H,11H2,(H,23,24)(H2,20,21,26)/b15-10+. The van der Waals surface area contributed by atoms with E-state index in [0.29, 0.717) is 17.0 Å². The first-order valence-corrected chi connectivity index (χ1v) is 9.51. The molecule has 3 rings (SSSR count). The number of thioether (sulfide) groups is 1. The van der Waals surface area contributed by atoms with E-state index in [2.05, 4.69) is 10.7 Å². The van der Waals surface area contributed by atoms with E-state index in [1.165, 1.54) is 6.08 Å². The van der Waals surface area contributed by atoms with E-state index in [-0.39, 0.29) is 9.23 Å². The van der Waals surface area contributed by atoms with E-state index >= 15 is 0 Å². The molecule has 2 aromatic rings. The number of hydrogen-bond donors (Lipinski definition) is 3. The minimum absolute atomic E-state index is 0.161. The van der Waals surface area contributed by atoms with E-state index < -0.39 is 24.5 Å². The molecule has 1 aliphatic rings. The van der Waals surface area contributed by atoms with Crippen molar-refractivity contribution in [3.63, 3.8) is 0 Å². The van der Waals surface area contributed by atoms with Crippen LogP contribution >= 0.6 is 24.0 Å². The molecule has 0 aliphatic carbocycles. The first-order valence-electron chi connectivity index (χ1n) is 8.28. The number of anilines is 1. The number of carbonyl (C=O) groups is 3. The maximum atomic E-state index is 12.7. The summed E-state index contributed by atoms with van der Waals surface area (Å²) in [7, 11) is 0. The fraction of sp³-hybridized carbons (Fsp3) is 0.0526. The number of nitrogens with one attached hydrogen (secondary N) is 2. The lowest BCUT2D eigenvalue weighted by atomic mass is 10.2. The number of nitrogens with zero attached hydrogens (tertiary/aromatic N) is 1. The van der Waals surface area contributed by atoms with Crippen molar-refractivity contribution in [3.8, 4) is 5.75 Å². The molecule has 1 saturated heterocycles. The molecule has 0 bridgehead atoms. The molecule has 2 aromatic carbocycles. The van der Waals surface area contributed by atoms with Gasteiger partial charge in [-0.1, -0.05) is 48.2 Å². The van der Waals surface area contributed by atoms with Crippen molar-refractivity contribution >= 4 is 58.0 Å². The molecule has 0 aromatic heterocycles. The third-order valence-corrected chi connectivity index (χ3v) is 4.90. The number of thiocarbonyl (C=S) groups is 1. The average Bonchev–Trinajstić information content (AvgIpc) is 2.95. The second kappa shape index (κ2) is 9.22. The molecule has 148 valence electrons. The van der Waals surface area contributed by atoms with Gasteiger partial charge in [-0.25, -0.2) is 15.0 Å². The van der Waals surface area contributed by atoms with Gasteiger partial charge in [0.1, 0.15) is 5.75 Å². The normalized spacial score (nSPS) is 14.8. The molecule has 10 heteroatoms. The third kappa shape index (κ3) is 5.33. The number of hydrogen-bond acceptors (Lipinski definition) is 6. The van der Waals surface area contributed by atoms with Crippen LogP contribution in [0.1, 0.15) is 5.56 Å². The number of benzene rings is 2. The van der Waals surface area contributed by atoms with Gasteiger partial charge in [-0.2, -0.15) is 5.01 Å². The summed E-state index contributed by atoms with van der Waals surface area (Å²) in [4.78, 5) is 35.8. The summed E-state index contributed by atoms with van der Waals surface area (Å²) in [5.41, 5.74) is 3.50. The van der Waals surface area contributed by atoms with Gasteiger partial charge >= 0.3 is 12.0 Å². The summed E-state index contributed by atoms with van der Waals surface area (Å²) in [6.45, 7) is -0.507. The molecule has 3 N–H and O–H groups in total. The second-order valence-electron chi connectivity index (χ2n) is 5.67. The number of hydrazine groups is 1. The van der Waals surface area contributed by atoms with Gasteiger partial charge in [0.15, 0.2) is 10.9 Å². The number of carboxylic acid groups (broad SMARTS) is 1. The number of ether oxygens (including phenoxy) is 1. The lowest BCUT2D eigenvalue weighted by Gasteiger charge is -2.16. The fourth-order valence-corrected chi connectivity index (χ4v) is 3.53. The number of amides is 3. The summed E-state index contributed by atoms with van der Waals surface area (Å²) in [5, 5.41) is 12.4. The molecular weight excluding hydrogens is 414 g/mol. The van der Waals surface area contributed by atoms with Crippen molar-refractivity contribution in [3.05, 3.63) is 65.1 Å². The van der Waals surface area contributed by atoms with Crippen LogP contribution in [0.15, 0.2) is 59.5 Å². The van der Waals surface area contributed by atoms with E-state index in [1.54, 1.807) is 48.5 Å². The highest BCUT2D eigenvalue weighted by Gasteiger charge is 2.33. The van der Waals surface area contributed by atoms with Crippen LogP contribution in [0.2, 0.25) is 0 Å². The quantitative estimate of drug-likeness (QED) is 0.478. The Labute approximate surface area is 175 Å². The highest BCUT2D eigenvalue weighted by Crippen LogP contribution is 2.33. The highest BCUT2D eigenvalue weighted by molar-refractivity contribution is 8.26. The smallest absolute Gasteiger partial charge is 0.341 e. The maximum Gasteiger partial charge on any atom is 0.341 e. The third-order valence-electron chi connectivity index (χ3n) is 3.60. The summed E-state index contributed by atoms with van der Waals surface area (Å²) in [6, 6.07) is 14.8. The molecule has 3 amide bonds. The Hall–Kier alpha value is -3.37. The predicted molar refractivity (Wildman–Crippen MR) is 113 cm³/mol. The van der Waals surface area contributed by atoms with Crippen LogP contribution in [0.3, 0.4) is 0 Å². The van der Waals surface area contributed by atoms with Crippen molar-refractivity contribution < 1.29 is 24.2 Å². The summed E-state index contributed by atoms with van der Waals surface area (Å²) in [5.74, 6) is -1.30. The lowest BCUT2D eigenvalue weighted by Crippen LogP contribution is -2.46. The zero-order chi connectivity index (χ0) is 20.8. The van der Waals surface area contributed by atoms with Crippen molar-refractivity contribution in [1.29, 1.82) is 0 Å². The molecule has 0 saturated carbocycles. The van der Waals surface area contributed by atoms with Crippen LogP contribution in [0, 0.1) is 0 Å². The molecule has 0 unspecified atom stereocenters. The van der Waals surface area contributed by atoms with Gasteiger partial charge in [0, 0.05) is 11.3 Å². The Morgan fingerprint density at radius 3 is 2.55 bits per heavy atom. The van der Waals surface area contributed by atoms with Crippen molar-refractivity contribution in [2.45, 2.75) is 0 Å². The zero-order valence-corrected chi connectivity index (χ0v) is 16.5. The maximum absolute atomic E-state index is 12.7. The molecule has 0 radical (unpaired) electrons. The van der Waals surface area contributed by atoms with Crippen molar-refractivity contribution in [2.24, 2.45) is 0 Å². The van der Waals surface area contributed by atoms with Gasteiger partial charge in [-0.05, 0) is 36.5 Å². The SMILES string of the molecule is O=C(O)COc1ccccc1/C=C1/SC(=S)N(NC(=O)Nc2ccccc2)C1=O. The number of aliphatic carboxylic acids is 1. The molecule has 1 aliphatic heterocycles. The van der Waals surface area contributed by atoms with Crippen LogP contribution in [-0.2, 0) is 9.59 Å². The van der Waals surface area contributed by atoms with Crippen LogP contribution in [0.25, 0.3) is 6.08 Å². The lowest BCUT2D eigenvalue weighted by molar-refractivity contribution is -0.139. The van der Waals surface area contributed by atoms with Crippen molar-refractivity contribution in [1.82, 2.24) is 10.4 Å². The summed E-state index contributed by atoms with van der Waals surface area (Å²) < 4.78 is 5.40. The van der Waals surface area contributed by atoms with Crippen LogP contribution < -0.4 is 15.5 Å². The fourth-order valence-electron chi connectivity index (χ4n) is 2.36. The number of rotatable bonds is 6. The van der Waals surface area contributed by atoms with Crippen LogP contribution in [-0.4, -0.2) is 39.0 Å². The Balaban J connectivity index is 1.72. The van der Waals surface area contributed by atoms with Gasteiger partial charge in [0.05, 0.1) is 4.91 Å². The van der Waals surface area contributed by atoms with E-state index in [0.717, 1.165) is 16.8 Å². The molecule has 0 spiro atoms. The number of urea groups is 1. The van der Waals surface area contributed by atoms with Crippen molar-refractivity contribution in [2.75, 3.05) is 11.9 Å². The second-order valence-corrected chi connectivity index (χ2v) is 7.35. The number of para-hydroxylation sites is 2. The van der Waals surface area contributed by atoms with E-state index in [9.17, 15) is 14.4 Å². The minimum Gasteiger partial charge on any atom is -0.481 e. The number of carbonyl (C=O) groups excluding carboxylic acids is 2. The van der Waals surface area contributed by atoms with Crippen LogP contribution in [0.5, 0.6) is 5.75 Å². The zero-order valence-electron chi connectivity index (χ0n) is 14.8. The van der Waals surface area contributed by atoms with Gasteiger partial charge < -0.3 is 15.2 Å². The molecular formula is C19H15N3O5S2. The topological polar surface area (TPSA) is 108 Å². The molecule has 29 heavy (non-hydrogen) atoms. The molecule has 1 fully saturated rings. The largest absolute Gasteiger partial charge is 0.481 e. The Morgan fingerprint density at radius 2 is 1.83 bits per heavy atom. The Bertz CT molecular complexity index is 994. The molecule has 0 atom stereocenters. The minimum atomic E-state index is -1.11. The first kappa shape index (κ1) is 20.4. The van der Waals surface area contributed by atoms with E-state index in [1.807, 2.05) is 6.07 Å². The number of carboxylic acids is 1. The molecule has 8 nitrogen and oxygen atoms in total. The summed E-state index contributed by atoms with van der Waals surface area (Å²) in [6.07, 6.45) is 1.53. The van der Waals surface area contributed by atoms with Gasteiger partial charge in [-0.3, -0.25) is 4.79 Å². The average molecular weight is 429 g/mol. The van der Waals surface area contributed by atoms with Gasteiger partial charge in [-0.15, -0.1) is 0 Å². The van der Waals surface area contributed by atoms with Gasteiger partial charge in [0.25, 0.3) is 5.91 Å². The predicted octanol–water partition coefficient (Wildman–Crippen LogP) is 3.09. The van der Waals surface area contributed by atoms with E-state index in [4.69, 9.17) is 22.1 Å². The molecule has 1 heterocycles. The van der Waals surface area contributed by atoms with Crippen LogP contribution in [0.4, 0.5) is 10.5 Å². The Kier molecular flexibility index (Phi) is 6.47. The first-order chi connectivity index (χ1) is 13.9. The Morgan fingerprint density at radius 1 is 1.14 bits per heavy atom.